The van der Waals surface area contributed by atoms with E-state index in [-0.39, 0.29) is 0 Å². The maximum absolute atomic E-state index is 6.14. The number of epoxide rings is 1. The van der Waals surface area contributed by atoms with Crippen molar-refractivity contribution in [2.24, 2.45) is 0 Å². The van der Waals surface area contributed by atoms with Gasteiger partial charge in [-0.1, -0.05) is 27.2 Å². The molecule has 1 heterocycles. The minimum absolute atomic E-state index is 0.370. The van der Waals surface area contributed by atoms with Crippen molar-refractivity contribution in [1.29, 1.82) is 0 Å². The fraction of sp³-hybridized carbons (Fsp3) is 1.00. The highest BCUT2D eigenvalue weighted by atomic mass is 28.4. The zero-order valence-electron chi connectivity index (χ0n) is 11.0. The number of hydrogen-bond acceptors (Lipinski definition) is 3. The third kappa shape index (κ3) is 4.95. The van der Waals surface area contributed by atoms with Gasteiger partial charge in [0.1, 0.15) is 6.10 Å². The molecule has 0 aromatic rings. The molecule has 1 rings (SSSR count). The van der Waals surface area contributed by atoms with Crippen LogP contribution < -0.4 is 0 Å². The lowest BCUT2D eigenvalue weighted by molar-refractivity contribution is 0.0846. The van der Waals surface area contributed by atoms with E-state index in [2.05, 4.69) is 20.8 Å². The van der Waals surface area contributed by atoms with Gasteiger partial charge in [-0.25, -0.2) is 0 Å². The molecule has 0 saturated carbocycles. The molecule has 0 amide bonds. The Kier molecular flexibility index (Phi) is 6.57. The van der Waals surface area contributed by atoms with Gasteiger partial charge in [0.05, 0.1) is 26.4 Å². The molecule has 0 spiro atoms. The first-order valence-corrected chi connectivity index (χ1v) is 9.12. The molecule has 0 aliphatic carbocycles. The summed E-state index contributed by atoms with van der Waals surface area (Å²) < 4.78 is 16.7. The smallest absolute Gasteiger partial charge is 0.192 e. The number of hydrogen-bond donors (Lipinski definition) is 0. The standard InChI is InChI=1S/C12H26O3Si/c1-4-9-16(5-2,6-3)15-8-7-13-10-12-11-14-12/h12H,4-11H2,1-3H3. The summed E-state index contributed by atoms with van der Waals surface area (Å²) in [4.78, 5) is 0. The zero-order valence-corrected chi connectivity index (χ0v) is 12.0. The lowest BCUT2D eigenvalue weighted by atomic mass is 10.5. The Morgan fingerprint density at radius 2 is 1.88 bits per heavy atom. The molecule has 1 aliphatic rings. The molecule has 4 heteroatoms. The van der Waals surface area contributed by atoms with Crippen LogP contribution in [0.5, 0.6) is 0 Å². The molecule has 0 aromatic heterocycles. The second-order valence-corrected chi connectivity index (χ2v) is 9.09. The van der Waals surface area contributed by atoms with Crippen LogP contribution in [-0.4, -0.2) is 40.8 Å². The van der Waals surface area contributed by atoms with E-state index in [1.54, 1.807) is 0 Å². The summed E-state index contributed by atoms with van der Waals surface area (Å²) in [6.45, 7) is 9.88. The zero-order chi connectivity index (χ0) is 11.9. The van der Waals surface area contributed by atoms with Crippen molar-refractivity contribution in [2.45, 2.75) is 51.4 Å². The van der Waals surface area contributed by atoms with E-state index in [1.807, 2.05) is 0 Å². The van der Waals surface area contributed by atoms with Crippen LogP contribution in [0, 0.1) is 0 Å². The van der Waals surface area contributed by atoms with Crippen LogP contribution in [0.4, 0.5) is 0 Å². The van der Waals surface area contributed by atoms with E-state index in [0.29, 0.717) is 6.10 Å². The molecule has 1 saturated heterocycles. The largest absolute Gasteiger partial charge is 0.414 e. The van der Waals surface area contributed by atoms with Gasteiger partial charge in [-0.05, 0) is 18.1 Å². The van der Waals surface area contributed by atoms with E-state index in [0.717, 1.165) is 26.4 Å². The molecule has 0 N–H and O–H groups in total. The Balaban J connectivity index is 2.09. The number of ether oxygens (including phenoxy) is 2. The van der Waals surface area contributed by atoms with Gasteiger partial charge in [0.15, 0.2) is 8.32 Å². The molecule has 16 heavy (non-hydrogen) atoms. The highest BCUT2D eigenvalue weighted by Crippen LogP contribution is 2.23. The molecule has 1 atom stereocenters. The molecule has 1 unspecified atom stereocenters. The van der Waals surface area contributed by atoms with Crippen LogP contribution in [0.15, 0.2) is 0 Å². The lowest BCUT2D eigenvalue weighted by Gasteiger charge is -2.28. The van der Waals surface area contributed by atoms with Gasteiger partial charge in [-0.15, -0.1) is 0 Å². The average molecular weight is 246 g/mol. The molecular weight excluding hydrogens is 220 g/mol. The van der Waals surface area contributed by atoms with Crippen molar-refractivity contribution >= 4 is 8.32 Å². The first-order chi connectivity index (χ1) is 7.76. The van der Waals surface area contributed by atoms with E-state index >= 15 is 0 Å². The van der Waals surface area contributed by atoms with Gasteiger partial charge in [-0.3, -0.25) is 0 Å². The molecule has 96 valence electrons. The normalized spacial score (nSPS) is 20.1. The van der Waals surface area contributed by atoms with E-state index in [9.17, 15) is 0 Å². The Labute approximate surface area is 101 Å². The van der Waals surface area contributed by atoms with Gasteiger partial charge < -0.3 is 13.9 Å². The summed E-state index contributed by atoms with van der Waals surface area (Å²) in [5.74, 6) is 0. The van der Waals surface area contributed by atoms with Gasteiger partial charge in [0, 0.05) is 0 Å². The first-order valence-electron chi connectivity index (χ1n) is 6.59. The second-order valence-electron chi connectivity index (χ2n) is 4.52. The maximum atomic E-state index is 6.14. The van der Waals surface area contributed by atoms with E-state index < -0.39 is 8.32 Å². The highest BCUT2D eigenvalue weighted by Gasteiger charge is 2.29. The summed E-state index contributed by atoms with van der Waals surface area (Å²) in [6, 6.07) is 3.73. The summed E-state index contributed by atoms with van der Waals surface area (Å²) in [5.41, 5.74) is 0. The summed E-state index contributed by atoms with van der Waals surface area (Å²) in [7, 11) is -1.42. The van der Waals surface area contributed by atoms with E-state index in [4.69, 9.17) is 13.9 Å². The predicted molar refractivity (Wildman–Crippen MR) is 68.3 cm³/mol. The van der Waals surface area contributed by atoms with Crippen molar-refractivity contribution in [3.8, 4) is 0 Å². The van der Waals surface area contributed by atoms with Crippen molar-refractivity contribution in [3.05, 3.63) is 0 Å². The first kappa shape index (κ1) is 14.2. The summed E-state index contributed by atoms with van der Waals surface area (Å²) in [6.07, 6.45) is 1.61. The van der Waals surface area contributed by atoms with Gasteiger partial charge in [0.25, 0.3) is 0 Å². The predicted octanol–water partition coefficient (Wildman–Crippen LogP) is 2.81. The third-order valence-corrected chi connectivity index (χ3v) is 8.14. The Hall–Kier alpha value is 0.0969. The fourth-order valence-electron chi connectivity index (χ4n) is 2.03. The summed E-state index contributed by atoms with van der Waals surface area (Å²) in [5, 5.41) is 0. The molecular formula is C12H26O3Si. The van der Waals surface area contributed by atoms with Crippen molar-refractivity contribution in [1.82, 2.24) is 0 Å². The van der Waals surface area contributed by atoms with Crippen LogP contribution in [0.1, 0.15) is 27.2 Å². The van der Waals surface area contributed by atoms with Crippen molar-refractivity contribution in [2.75, 3.05) is 26.4 Å². The van der Waals surface area contributed by atoms with Crippen LogP contribution in [0.25, 0.3) is 0 Å². The third-order valence-electron chi connectivity index (χ3n) is 3.34. The van der Waals surface area contributed by atoms with Crippen molar-refractivity contribution < 1.29 is 13.9 Å². The lowest BCUT2D eigenvalue weighted by Crippen LogP contribution is -2.37. The average Bonchev–Trinajstić information content (AvgIpc) is 3.11. The summed E-state index contributed by atoms with van der Waals surface area (Å²) >= 11 is 0. The minimum atomic E-state index is -1.42. The Bertz CT molecular complexity index is 179. The van der Waals surface area contributed by atoms with E-state index in [1.165, 1.54) is 24.6 Å². The highest BCUT2D eigenvalue weighted by molar-refractivity contribution is 6.73. The van der Waals surface area contributed by atoms with Gasteiger partial charge >= 0.3 is 0 Å². The topological polar surface area (TPSA) is 31.0 Å². The molecule has 0 aromatic carbocycles. The van der Waals surface area contributed by atoms with Crippen molar-refractivity contribution in [3.63, 3.8) is 0 Å². The van der Waals surface area contributed by atoms with Gasteiger partial charge in [-0.2, -0.15) is 0 Å². The second kappa shape index (κ2) is 7.43. The van der Waals surface area contributed by atoms with Crippen LogP contribution in [0.3, 0.4) is 0 Å². The van der Waals surface area contributed by atoms with Gasteiger partial charge in [0.2, 0.25) is 0 Å². The van der Waals surface area contributed by atoms with Crippen LogP contribution >= 0.6 is 0 Å². The minimum Gasteiger partial charge on any atom is -0.414 e. The quantitative estimate of drug-likeness (QED) is 0.337. The Morgan fingerprint density at radius 3 is 2.38 bits per heavy atom. The fourth-order valence-corrected chi connectivity index (χ4v) is 5.22. The van der Waals surface area contributed by atoms with Crippen LogP contribution in [0.2, 0.25) is 18.1 Å². The Morgan fingerprint density at radius 1 is 1.19 bits per heavy atom. The monoisotopic (exact) mass is 246 g/mol. The SMILES string of the molecule is CCC[Si](CC)(CC)OCCOCC1CO1. The molecule has 1 fully saturated rings. The molecule has 3 nitrogen and oxygen atoms in total. The molecule has 0 bridgehead atoms. The number of rotatable bonds is 10. The maximum Gasteiger partial charge on any atom is 0.192 e. The molecule has 0 radical (unpaired) electrons. The molecule has 1 aliphatic heterocycles. The van der Waals surface area contributed by atoms with Crippen LogP contribution in [-0.2, 0) is 13.9 Å².